The summed E-state index contributed by atoms with van der Waals surface area (Å²) in [6.07, 6.45) is 5.93. The van der Waals surface area contributed by atoms with Gasteiger partial charge in [0, 0.05) is 6.54 Å². The van der Waals surface area contributed by atoms with Gasteiger partial charge in [0.15, 0.2) is 0 Å². The van der Waals surface area contributed by atoms with Gasteiger partial charge in [-0.15, -0.1) is 0 Å². The second-order valence-electron chi connectivity index (χ2n) is 6.48. The van der Waals surface area contributed by atoms with Crippen LogP contribution in [0.3, 0.4) is 0 Å². The Morgan fingerprint density at radius 2 is 1.92 bits per heavy atom. The molecule has 0 fully saturated rings. The number of nitrogens with zero attached hydrogens (tertiary/aromatic N) is 1. The van der Waals surface area contributed by atoms with Crippen molar-refractivity contribution in [1.82, 2.24) is 9.62 Å². The summed E-state index contributed by atoms with van der Waals surface area (Å²) in [5.74, 6) is 0.744. The number of sulfonamides is 1. The molecule has 24 heavy (non-hydrogen) atoms. The van der Waals surface area contributed by atoms with Gasteiger partial charge in [0.05, 0.1) is 17.2 Å². The monoisotopic (exact) mass is 348 g/mol. The SMILES string of the molecule is CN(C)C(CNS(=O)(=O)c1ccc2c(c1)CCCC2)c1ccco1. The van der Waals surface area contributed by atoms with E-state index in [9.17, 15) is 8.42 Å². The number of rotatable bonds is 6. The highest BCUT2D eigenvalue weighted by Crippen LogP contribution is 2.24. The predicted molar refractivity (Wildman–Crippen MR) is 93.4 cm³/mol. The number of furan rings is 1. The van der Waals surface area contributed by atoms with Crippen molar-refractivity contribution in [2.24, 2.45) is 0 Å². The number of benzene rings is 1. The van der Waals surface area contributed by atoms with Crippen LogP contribution in [0.1, 0.15) is 35.8 Å². The van der Waals surface area contributed by atoms with Gasteiger partial charge in [-0.3, -0.25) is 4.90 Å². The van der Waals surface area contributed by atoms with Crippen LogP contribution in [0, 0.1) is 0 Å². The van der Waals surface area contributed by atoms with Crippen LogP contribution in [-0.2, 0) is 22.9 Å². The smallest absolute Gasteiger partial charge is 0.240 e. The molecule has 6 heteroatoms. The van der Waals surface area contributed by atoms with Crippen LogP contribution >= 0.6 is 0 Å². The minimum absolute atomic E-state index is 0.146. The predicted octanol–water partition coefficient (Wildman–Crippen LogP) is 2.74. The maximum Gasteiger partial charge on any atom is 0.240 e. The first-order chi connectivity index (χ1) is 11.5. The molecule has 0 radical (unpaired) electrons. The summed E-state index contributed by atoms with van der Waals surface area (Å²) >= 11 is 0. The molecule has 1 aromatic heterocycles. The molecule has 2 aromatic rings. The third-order valence-electron chi connectivity index (χ3n) is 4.59. The minimum Gasteiger partial charge on any atom is -0.468 e. The van der Waals surface area contributed by atoms with Crippen molar-refractivity contribution < 1.29 is 12.8 Å². The zero-order chi connectivity index (χ0) is 17.2. The van der Waals surface area contributed by atoms with Gasteiger partial charge in [-0.2, -0.15) is 0 Å². The molecule has 0 amide bonds. The standard InChI is InChI=1S/C18H24N2O3S/c1-20(2)17(18-8-5-11-23-18)13-19-24(21,22)16-10-9-14-6-3-4-7-15(14)12-16/h5,8-12,17,19H,3-4,6-7,13H2,1-2H3. The summed E-state index contributed by atoms with van der Waals surface area (Å²) in [4.78, 5) is 2.29. The molecule has 3 rings (SSSR count). The van der Waals surface area contributed by atoms with Crippen molar-refractivity contribution in [2.45, 2.75) is 36.6 Å². The highest BCUT2D eigenvalue weighted by atomic mass is 32.2. The molecule has 0 bridgehead atoms. The molecule has 1 N–H and O–H groups in total. The Bertz CT molecular complexity index is 783. The summed E-state index contributed by atoms with van der Waals surface area (Å²) in [5, 5.41) is 0. The van der Waals surface area contributed by atoms with Gasteiger partial charge in [0.2, 0.25) is 10.0 Å². The topological polar surface area (TPSA) is 62.6 Å². The second kappa shape index (κ2) is 7.09. The quantitative estimate of drug-likeness (QED) is 0.872. The van der Waals surface area contributed by atoms with Crippen molar-refractivity contribution in [3.8, 4) is 0 Å². The van der Waals surface area contributed by atoms with Crippen molar-refractivity contribution >= 4 is 10.0 Å². The average molecular weight is 348 g/mol. The van der Waals surface area contributed by atoms with E-state index in [2.05, 4.69) is 4.72 Å². The lowest BCUT2D eigenvalue weighted by Gasteiger charge is -2.23. The Morgan fingerprint density at radius 1 is 1.17 bits per heavy atom. The Morgan fingerprint density at radius 3 is 2.58 bits per heavy atom. The Labute approximate surface area is 143 Å². The number of aryl methyl sites for hydroxylation is 2. The van der Waals surface area contributed by atoms with Crippen molar-refractivity contribution in [1.29, 1.82) is 0 Å². The van der Waals surface area contributed by atoms with Crippen LogP contribution in [0.5, 0.6) is 0 Å². The van der Waals surface area contributed by atoms with Crippen molar-refractivity contribution in [3.05, 3.63) is 53.5 Å². The molecule has 0 saturated heterocycles. The van der Waals surface area contributed by atoms with E-state index >= 15 is 0 Å². The molecule has 1 aliphatic rings. The zero-order valence-corrected chi connectivity index (χ0v) is 15.0. The number of hydrogen-bond acceptors (Lipinski definition) is 4. The Hall–Kier alpha value is -1.63. The molecule has 0 saturated carbocycles. The first-order valence-corrected chi connectivity index (χ1v) is 9.77. The molecule has 1 aliphatic carbocycles. The summed E-state index contributed by atoms with van der Waals surface area (Å²) in [5.41, 5.74) is 2.45. The minimum atomic E-state index is -3.53. The van der Waals surface area contributed by atoms with E-state index in [0.29, 0.717) is 4.90 Å². The molecule has 130 valence electrons. The second-order valence-corrected chi connectivity index (χ2v) is 8.25. The third-order valence-corrected chi connectivity index (χ3v) is 6.01. The van der Waals surface area contributed by atoms with Crippen LogP contribution < -0.4 is 4.72 Å². The highest BCUT2D eigenvalue weighted by Gasteiger charge is 2.22. The van der Waals surface area contributed by atoms with Gasteiger partial charge in [-0.05, 0) is 75.2 Å². The lowest BCUT2D eigenvalue weighted by atomic mass is 9.92. The van der Waals surface area contributed by atoms with E-state index in [1.165, 1.54) is 17.5 Å². The van der Waals surface area contributed by atoms with E-state index in [1.807, 2.05) is 43.3 Å². The van der Waals surface area contributed by atoms with Crippen molar-refractivity contribution in [3.63, 3.8) is 0 Å². The summed E-state index contributed by atoms with van der Waals surface area (Å²) in [6.45, 7) is 0.264. The maximum atomic E-state index is 12.7. The third kappa shape index (κ3) is 3.71. The highest BCUT2D eigenvalue weighted by molar-refractivity contribution is 7.89. The molecule has 1 atom stereocenters. The van der Waals surface area contributed by atoms with Gasteiger partial charge in [0.25, 0.3) is 0 Å². The molecule has 0 aliphatic heterocycles. The number of fused-ring (bicyclic) bond motifs is 1. The lowest BCUT2D eigenvalue weighted by Crippen LogP contribution is -2.34. The molecule has 1 aromatic carbocycles. The molecule has 5 nitrogen and oxygen atoms in total. The van der Waals surface area contributed by atoms with Gasteiger partial charge in [-0.25, -0.2) is 13.1 Å². The zero-order valence-electron chi connectivity index (χ0n) is 14.2. The van der Waals surface area contributed by atoms with Gasteiger partial charge in [0.1, 0.15) is 5.76 Å². The normalized spacial score (nSPS) is 16.1. The molecule has 1 unspecified atom stereocenters. The van der Waals surface area contributed by atoms with E-state index in [-0.39, 0.29) is 12.6 Å². The fraction of sp³-hybridized carbons (Fsp3) is 0.444. The summed E-state index contributed by atoms with van der Waals surface area (Å²) in [7, 11) is 0.275. The van der Waals surface area contributed by atoms with Crippen LogP contribution in [0.25, 0.3) is 0 Å². The Kier molecular flexibility index (Phi) is 5.08. The van der Waals surface area contributed by atoms with Crippen LogP contribution in [0.4, 0.5) is 0 Å². The molecule has 1 heterocycles. The number of hydrogen-bond donors (Lipinski definition) is 1. The number of likely N-dealkylation sites (N-methyl/N-ethyl adjacent to an activating group) is 1. The summed E-state index contributed by atoms with van der Waals surface area (Å²) < 4.78 is 33.5. The van der Waals surface area contributed by atoms with Gasteiger partial charge in [-0.1, -0.05) is 6.07 Å². The first kappa shape index (κ1) is 17.2. The molecule has 0 spiro atoms. The first-order valence-electron chi connectivity index (χ1n) is 8.28. The molecular weight excluding hydrogens is 324 g/mol. The fourth-order valence-corrected chi connectivity index (χ4v) is 4.26. The molecular formula is C18H24N2O3S. The largest absolute Gasteiger partial charge is 0.468 e. The van der Waals surface area contributed by atoms with Crippen LogP contribution in [0.15, 0.2) is 45.9 Å². The van der Waals surface area contributed by atoms with Crippen LogP contribution in [-0.4, -0.2) is 34.0 Å². The van der Waals surface area contributed by atoms with E-state index in [1.54, 1.807) is 12.3 Å². The fourth-order valence-electron chi connectivity index (χ4n) is 3.17. The van der Waals surface area contributed by atoms with E-state index in [0.717, 1.165) is 25.0 Å². The van der Waals surface area contributed by atoms with Crippen LogP contribution in [0.2, 0.25) is 0 Å². The summed E-state index contributed by atoms with van der Waals surface area (Å²) in [6, 6.07) is 9.02. The Balaban J connectivity index is 1.76. The van der Waals surface area contributed by atoms with Gasteiger partial charge >= 0.3 is 0 Å². The van der Waals surface area contributed by atoms with Gasteiger partial charge < -0.3 is 4.42 Å². The maximum absolute atomic E-state index is 12.7. The number of nitrogens with one attached hydrogen (secondary N) is 1. The lowest BCUT2D eigenvalue weighted by molar-refractivity contribution is 0.259. The van der Waals surface area contributed by atoms with E-state index < -0.39 is 10.0 Å². The van der Waals surface area contributed by atoms with E-state index in [4.69, 9.17) is 4.42 Å². The average Bonchev–Trinajstić information content (AvgIpc) is 3.08. The van der Waals surface area contributed by atoms with Crippen molar-refractivity contribution in [2.75, 3.05) is 20.6 Å².